The van der Waals surface area contributed by atoms with Gasteiger partial charge in [0.1, 0.15) is 0 Å². The van der Waals surface area contributed by atoms with Gasteiger partial charge in [0.05, 0.1) is 19.3 Å². The first-order valence-corrected chi connectivity index (χ1v) is 9.83. The first-order chi connectivity index (χ1) is 12.0. The molecular formula is C21H29NO3. The number of allylic oxidation sites excluding steroid dienone is 2. The molecule has 0 bridgehead atoms. The first kappa shape index (κ1) is 17.2. The van der Waals surface area contributed by atoms with E-state index in [4.69, 9.17) is 9.47 Å². The number of carbonyl (C=O) groups is 1. The van der Waals surface area contributed by atoms with Gasteiger partial charge in [-0.2, -0.15) is 5.26 Å². The standard InChI is InChI=1S/C21H29NO3/c1-20-8-5-15(23)13-14(20)3-4-16-17(20)6-9-21(2,18(16)7-10-22)19-24-11-12-25-19/h13,16-19H,3-9,11-12H2,1-2H3/t16-,17+,18+,20+,21+/m1/s1. The van der Waals surface area contributed by atoms with Crippen LogP contribution >= 0.6 is 0 Å². The molecule has 0 N–H and O–H groups in total. The summed E-state index contributed by atoms with van der Waals surface area (Å²) in [6.45, 7) is 5.98. The zero-order valence-corrected chi connectivity index (χ0v) is 15.4. The molecule has 1 heterocycles. The number of ether oxygens (including phenoxy) is 2. The number of rotatable bonds is 2. The number of nitrogens with zero attached hydrogens (tertiary/aromatic N) is 1. The quantitative estimate of drug-likeness (QED) is 0.760. The van der Waals surface area contributed by atoms with Crippen LogP contribution in [0.2, 0.25) is 0 Å². The minimum absolute atomic E-state index is 0.0739. The average Bonchev–Trinajstić information content (AvgIpc) is 3.13. The predicted octanol–water partition coefficient (Wildman–Crippen LogP) is 4.01. The van der Waals surface area contributed by atoms with E-state index >= 15 is 0 Å². The molecule has 5 atom stereocenters. The average molecular weight is 343 g/mol. The molecule has 0 aromatic heterocycles. The molecule has 4 aliphatic rings. The van der Waals surface area contributed by atoms with E-state index in [0.717, 1.165) is 32.1 Å². The number of hydrogen-bond donors (Lipinski definition) is 0. The van der Waals surface area contributed by atoms with Crippen LogP contribution < -0.4 is 0 Å². The minimum atomic E-state index is -0.163. The molecule has 25 heavy (non-hydrogen) atoms. The van der Waals surface area contributed by atoms with Crippen LogP contribution in [-0.4, -0.2) is 25.3 Å². The highest BCUT2D eigenvalue weighted by atomic mass is 16.7. The van der Waals surface area contributed by atoms with E-state index < -0.39 is 0 Å². The molecule has 0 amide bonds. The maximum absolute atomic E-state index is 11.9. The molecule has 3 aliphatic carbocycles. The maximum atomic E-state index is 11.9. The summed E-state index contributed by atoms with van der Waals surface area (Å²) < 4.78 is 11.8. The number of nitriles is 1. The highest BCUT2D eigenvalue weighted by Gasteiger charge is 2.57. The SMILES string of the molecule is C[C@]12CCC(=O)C=C1CC[C@@H]1[C@@H]2CC[C@](C)(C2OCCO2)[C@H]1CC#N. The van der Waals surface area contributed by atoms with Gasteiger partial charge in [0.25, 0.3) is 0 Å². The molecule has 0 unspecified atom stereocenters. The summed E-state index contributed by atoms with van der Waals surface area (Å²) in [7, 11) is 0. The van der Waals surface area contributed by atoms with Crippen molar-refractivity contribution in [1.29, 1.82) is 5.26 Å². The van der Waals surface area contributed by atoms with Gasteiger partial charge in [-0.1, -0.05) is 19.4 Å². The second-order valence-corrected chi connectivity index (χ2v) is 8.95. The topological polar surface area (TPSA) is 59.3 Å². The summed E-state index contributed by atoms with van der Waals surface area (Å²) >= 11 is 0. The van der Waals surface area contributed by atoms with Gasteiger partial charge in [-0.05, 0) is 61.3 Å². The van der Waals surface area contributed by atoms with Crippen molar-refractivity contribution in [3.8, 4) is 6.07 Å². The van der Waals surface area contributed by atoms with Crippen molar-refractivity contribution in [2.75, 3.05) is 13.2 Å². The highest BCUT2D eigenvalue weighted by Crippen LogP contribution is 2.63. The Morgan fingerprint density at radius 3 is 2.68 bits per heavy atom. The summed E-state index contributed by atoms with van der Waals surface area (Å²) in [4.78, 5) is 11.9. The van der Waals surface area contributed by atoms with Crippen molar-refractivity contribution >= 4 is 5.78 Å². The number of fused-ring (bicyclic) bond motifs is 3. The monoisotopic (exact) mass is 343 g/mol. The van der Waals surface area contributed by atoms with Crippen molar-refractivity contribution in [2.45, 2.75) is 65.1 Å². The van der Waals surface area contributed by atoms with E-state index in [-0.39, 0.29) is 17.1 Å². The van der Waals surface area contributed by atoms with Crippen molar-refractivity contribution in [1.82, 2.24) is 0 Å². The second-order valence-electron chi connectivity index (χ2n) is 8.95. The van der Waals surface area contributed by atoms with Crippen molar-refractivity contribution in [3.63, 3.8) is 0 Å². The Bertz CT molecular complexity index is 630. The van der Waals surface area contributed by atoms with Crippen LogP contribution in [0, 0.1) is 39.9 Å². The predicted molar refractivity (Wildman–Crippen MR) is 93.4 cm³/mol. The largest absolute Gasteiger partial charge is 0.350 e. The number of carbonyl (C=O) groups excluding carboxylic acids is 1. The van der Waals surface area contributed by atoms with Crippen LogP contribution in [0.1, 0.15) is 58.8 Å². The van der Waals surface area contributed by atoms with Gasteiger partial charge in [-0.15, -0.1) is 0 Å². The van der Waals surface area contributed by atoms with Gasteiger partial charge < -0.3 is 9.47 Å². The minimum Gasteiger partial charge on any atom is -0.350 e. The van der Waals surface area contributed by atoms with Crippen LogP contribution in [-0.2, 0) is 14.3 Å². The lowest BCUT2D eigenvalue weighted by Crippen LogP contribution is -2.54. The van der Waals surface area contributed by atoms with Crippen LogP contribution in [0.5, 0.6) is 0 Å². The lowest BCUT2D eigenvalue weighted by Gasteiger charge is -2.59. The van der Waals surface area contributed by atoms with Crippen LogP contribution in [0.3, 0.4) is 0 Å². The van der Waals surface area contributed by atoms with Gasteiger partial charge >= 0.3 is 0 Å². The van der Waals surface area contributed by atoms with Gasteiger partial charge in [0.2, 0.25) is 0 Å². The lowest BCUT2D eigenvalue weighted by atomic mass is 9.46. The Labute approximate surface area is 150 Å². The number of ketones is 1. The normalized spacial score (nSPS) is 44.6. The number of hydrogen-bond acceptors (Lipinski definition) is 4. The van der Waals surface area contributed by atoms with Crippen molar-refractivity contribution < 1.29 is 14.3 Å². The van der Waals surface area contributed by atoms with E-state index in [1.54, 1.807) is 0 Å². The van der Waals surface area contributed by atoms with Gasteiger partial charge in [-0.3, -0.25) is 4.79 Å². The van der Waals surface area contributed by atoms with E-state index in [1.165, 1.54) is 5.57 Å². The summed E-state index contributed by atoms with van der Waals surface area (Å²) in [6.07, 6.45) is 8.30. The molecule has 0 aromatic carbocycles. The Morgan fingerprint density at radius 2 is 1.96 bits per heavy atom. The summed E-state index contributed by atoms with van der Waals surface area (Å²) in [6, 6.07) is 2.46. The molecule has 0 spiro atoms. The van der Waals surface area contributed by atoms with Gasteiger partial charge in [0.15, 0.2) is 12.1 Å². The third-order valence-corrected chi connectivity index (χ3v) is 7.87. The second kappa shape index (κ2) is 6.21. The Hall–Kier alpha value is -1.18. The van der Waals surface area contributed by atoms with Crippen LogP contribution in [0.4, 0.5) is 0 Å². The van der Waals surface area contributed by atoms with Crippen LogP contribution in [0.15, 0.2) is 11.6 Å². The summed E-state index contributed by atoms with van der Waals surface area (Å²) in [5.74, 6) is 1.72. The summed E-state index contributed by atoms with van der Waals surface area (Å²) in [5, 5.41) is 9.53. The molecule has 1 saturated heterocycles. The summed E-state index contributed by atoms with van der Waals surface area (Å²) in [5.41, 5.74) is 1.44. The molecule has 0 aromatic rings. The van der Waals surface area contributed by atoms with E-state index in [0.29, 0.717) is 49.6 Å². The fourth-order valence-corrected chi connectivity index (χ4v) is 6.42. The van der Waals surface area contributed by atoms with E-state index in [9.17, 15) is 10.1 Å². The molecule has 0 radical (unpaired) electrons. The van der Waals surface area contributed by atoms with Crippen molar-refractivity contribution in [3.05, 3.63) is 11.6 Å². The Balaban J connectivity index is 1.67. The molecular weight excluding hydrogens is 314 g/mol. The highest BCUT2D eigenvalue weighted by molar-refractivity contribution is 5.91. The van der Waals surface area contributed by atoms with E-state index in [1.807, 2.05) is 6.08 Å². The molecule has 2 saturated carbocycles. The van der Waals surface area contributed by atoms with Crippen LogP contribution in [0.25, 0.3) is 0 Å². The first-order valence-electron chi connectivity index (χ1n) is 9.83. The Kier molecular flexibility index (Phi) is 4.29. The zero-order valence-electron chi connectivity index (χ0n) is 15.4. The maximum Gasteiger partial charge on any atom is 0.163 e. The Morgan fingerprint density at radius 1 is 1.20 bits per heavy atom. The van der Waals surface area contributed by atoms with Gasteiger partial charge in [-0.25, -0.2) is 0 Å². The van der Waals surface area contributed by atoms with Crippen molar-refractivity contribution in [2.24, 2.45) is 28.6 Å². The molecule has 1 aliphatic heterocycles. The molecule has 4 heteroatoms. The molecule has 4 rings (SSSR count). The lowest BCUT2D eigenvalue weighted by molar-refractivity contribution is -0.188. The third kappa shape index (κ3) is 2.59. The molecule has 3 fully saturated rings. The molecule has 136 valence electrons. The molecule has 4 nitrogen and oxygen atoms in total. The van der Waals surface area contributed by atoms with E-state index in [2.05, 4.69) is 19.9 Å². The fourth-order valence-electron chi connectivity index (χ4n) is 6.42. The fraction of sp³-hybridized carbons (Fsp3) is 0.810. The smallest absolute Gasteiger partial charge is 0.163 e. The van der Waals surface area contributed by atoms with Gasteiger partial charge in [0, 0.05) is 18.3 Å². The third-order valence-electron chi connectivity index (χ3n) is 7.87. The zero-order chi connectivity index (χ0) is 17.7.